The summed E-state index contributed by atoms with van der Waals surface area (Å²) < 4.78 is 15.9. The van der Waals surface area contributed by atoms with Crippen molar-refractivity contribution in [2.24, 2.45) is 0 Å². The molecule has 1 aliphatic rings. The first-order valence-corrected chi connectivity index (χ1v) is 5.60. The number of carbonyl (C=O) groups excluding carboxylic acids is 1. The highest BCUT2D eigenvalue weighted by Crippen LogP contribution is 2.30. The van der Waals surface area contributed by atoms with E-state index >= 15 is 0 Å². The molecule has 0 aromatic heterocycles. The van der Waals surface area contributed by atoms with E-state index in [9.17, 15) is 4.79 Å². The van der Waals surface area contributed by atoms with E-state index in [1.165, 1.54) is 0 Å². The van der Waals surface area contributed by atoms with Crippen molar-refractivity contribution in [1.29, 1.82) is 0 Å². The third-order valence-corrected chi connectivity index (χ3v) is 2.40. The molecular formula is C11H20O5. The first-order chi connectivity index (χ1) is 7.48. The summed E-state index contributed by atoms with van der Waals surface area (Å²) >= 11 is 0. The number of hydrogen-bond donors (Lipinski definition) is 1. The molecular weight excluding hydrogens is 212 g/mol. The fraction of sp³-hybridized carbons (Fsp3) is 0.909. The molecule has 0 aliphatic carbocycles. The maximum absolute atomic E-state index is 11.2. The lowest BCUT2D eigenvalue weighted by Gasteiger charge is -2.16. The van der Waals surface area contributed by atoms with Gasteiger partial charge in [-0.25, -0.2) is 0 Å². The number of carbonyl (C=O) groups is 1. The van der Waals surface area contributed by atoms with Crippen molar-refractivity contribution in [1.82, 2.24) is 0 Å². The van der Waals surface area contributed by atoms with Crippen LogP contribution in [0.4, 0.5) is 0 Å². The molecule has 1 heterocycles. The monoisotopic (exact) mass is 232 g/mol. The molecule has 94 valence electrons. The Morgan fingerprint density at radius 3 is 2.56 bits per heavy atom. The largest absolute Gasteiger partial charge is 0.466 e. The van der Waals surface area contributed by atoms with Gasteiger partial charge in [0, 0.05) is 6.42 Å². The molecule has 5 heteroatoms. The Morgan fingerprint density at radius 1 is 1.38 bits per heavy atom. The Balaban J connectivity index is 2.38. The Kier molecular flexibility index (Phi) is 4.70. The summed E-state index contributed by atoms with van der Waals surface area (Å²) in [5, 5.41) is 9.12. The summed E-state index contributed by atoms with van der Waals surface area (Å²) in [6, 6.07) is 0. The third kappa shape index (κ3) is 3.73. The summed E-state index contributed by atoms with van der Waals surface area (Å²) in [4.78, 5) is 11.2. The summed E-state index contributed by atoms with van der Waals surface area (Å²) in [5.74, 6) is -0.931. The maximum atomic E-state index is 11.2. The highest BCUT2D eigenvalue weighted by Gasteiger charge is 2.40. The molecule has 2 atom stereocenters. The van der Waals surface area contributed by atoms with Crippen LogP contribution in [0.5, 0.6) is 0 Å². The zero-order chi connectivity index (χ0) is 12.2. The molecule has 0 aromatic rings. The molecule has 16 heavy (non-hydrogen) atoms. The lowest BCUT2D eigenvalue weighted by atomic mass is 10.1. The number of hydrogen-bond acceptors (Lipinski definition) is 5. The zero-order valence-corrected chi connectivity index (χ0v) is 10.1. The molecule has 0 radical (unpaired) electrons. The fourth-order valence-corrected chi connectivity index (χ4v) is 1.80. The van der Waals surface area contributed by atoms with Crippen LogP contribution >= 0.6 is 0 Å². The van der Waals surface area contributed by atoms with Gasteiger partial charge in [-0.3, -0.25) is 4.79 Å². The molecule has 0 aromatic carbocycles. The first-order valence-electron chi connectivity index (χ1n) is 5.60. The van der Waals surface area contributed by atoms with Gasteiger partial charge in [-0.1, -0.05) is 0 Å². The maximum Gasteiger partial charge on any atom is 0.305 e. The van der Waals surface area contributed by atoms with Crippen LogP contribution in [-0.4, -0.2) is 42.3 Å². The minimum absolute atomic E-state index is 0.100. The van der Waals surface area contributed by atoms with E-state index in [1.54, 1.807) is 20.8 Å². The average Bonchev–Trinajstić information content (AvgIpc) is 2.51. The minimum Gasteiger partial charge on any atom is -0.466 e. The molecule has 0 bridgehead atoms. The van der Waals surface area contributed by atoms with Crippen molar-refractivity contribution in [2.45, 2.75) is 51.6 Å². The van der Waals surface area contributed by atoms with E-state index in [4.69, 9.17) is 19.3 Å². The van der Waals surface area contributed by atoms with E-state index in [0.29, 0.717) is 13.0 Å². The Hall–Kier alpha value is -0.650. The van der Waals surface area contributed by atoms with Crippen molar-refractivity contribution in [3.8, 4) is 0 Å². The number of ether oxygens (including phenoxy) is 3. The van der Waals surface area contributed by atoms with Crippen LogP contribution in [0.15, 0.2) is 0 Å². The Labute approximate surface area is 95.7 Å². The molecule has 0 saturated carbocycles. The molecule has 5 nitrogen and oxygen atoms in total. The number of esters is 1. The first kappa shape index (κ1) is 13.4. The highest BCUT2D eigenvalue weighted by atomic mass is 16.8. The molecule has 0 unspecified atom stereocenters. The predicted octanol–water partition coefficient (Wildman–Crippen LogP) is 0.842. The van der Waals surface area contributed by atoms with E-state index in [2.05, 4.69) is 0 Å². The van der Waals surface area contributed by atoms with Gasteiger partial charge in [0.05, 0.1) is 19.3 Å². The van der Waals surface area contributed by atoms with Crippen molar-refractivity contribution in [3.63, 3.8) is 0 Å². The van der Waals surface area contributed by atoms with Crippen molar-refractivity contribution in [3.05, 3.63) is 0 Å². The second kappa shape index (κ2) is 5.61. The van der Waals surface area contributed by atoms with Crippen LogP contribution < -0.4 is 0 Å². The van der Waals surface area contributed by atoms with Crippen LogP contribution in [0, 0.1) is 0 Å². The summed E-state index contributed by atoms with van der Waals surface area (Å²) in [5.41, 5.74) is 0. The van der Waals surface area contributed by atoms with Gasteiger partial charge in [0.2, 0.25) is 0 Å². The van der Waals surface area contributed by atoms with E-state index < -0.39 is 5.79 Å². The Morgan fingerprint density at radius 2 is 2.00 bits per heavy atom. The normalized spacial score (nSPS) is 28.0. The van der Waals surface area contributed by atoms with Crippen LogP contribution in [0.1, 0.15) is 33.6 Å². The van der Waals surface area contributed by atoms with E-state index in [-0.39, 0.29) is 31.2 Å². The van der Waals surface area contributed by atoms with Crippen molar-refractivity contribution in [2.75, 3.05) is 13.2 Å². The standard InChI is InChI=1S/C11H20O5/c1-4-14-10(13)6-5-8-9(7-12)16-11(2,3)15-8/h8-9,12H,4-7H2,1-3H3/t8-,9-/m1/s1. The van der Waals surface area contributed by atoms with Crippen LogP contribution in [-0.2, 0) is 19.0 Å². The van der Waals surface area contributed by atoms with Gasteiger partial charge in [-0.15, -0.1) is 0 Å². The number of aliphatic hydroxyl groups is 1. The Bertz CT molecular complexity index is 239. The van der Waals surface area contributed by atoms with Gasteiger partial charge in [0.15, 0.2) is 5.79 Å². The summed E-state index contributed by atoms with van der Waals surface area (Å²) in [7, 11) is 0. The lowest BCUT2D eigenvalue weighted by molar-refractivity contribution is -0.152. The van der Waals surface area contributed by atoms with E-state index in [1.807, 2.05) is 0 Å². The fourth-order valence-electron chi connectivity index (χ4n) is 1.80. The minimum atomic E-state index is -0.688. The van der Waals surface area contributed by atoms with E-state index in [0.717, 1.165) is 0 Å². The smallest absolute Gasteiger partial charge is 0.305 e. The van der Waals surface area contributed by atoms with Crippen molar-refractivity contribution < 1.29 is 24.1 Å². The molecule has 1 saturated heterocycles. The zero-order valence-electron chi connectivity index (χ0n) is 10.1. The van der Waals surface area contributed by atoms with Crippen molar-refractivity contribution >= 4 is 5.97 Å². The van der Waals surface area contributed by atoms with Gasteiger partial charge in [-0.2, -0.15) is 0 Å². The van der Waals surface area contributed by atoms with Gasteiger partial charge in [0.25, 0.3) is 0 Å². The number of rotatable bonds is 5. The lowest BCUT2D eigenvalue weighted by Crippen LogP contribution is -2.27. The van der Waals surface area contributed by atoms with Gasteiger partial charge >= 0.3 is 5.97 Å². The van der Waals surface area contributed by atoms with Gasteiger partial charge < -0.3 is 19.3 Å². The second-order valence-corrected chi connectivity index (χ2v) is 4.24. The quantitative estimate of drug-likeness (QED) is 0.712. The molecule has 0 amide bonds. The third-order valence-electron chi connectivity index (χ3n) is 2.40. The highest BCUT2D eigenvalue weighted by molar-refractivity contribution is 5.69. The topological polar surface area (TPSA) is 65.0 Å². The average molecular weight is 232 g/mol. The SMILES string of the molecule is CCOC(=O)CC[C@H]1OC(C)(C)O[C@@H]1CO. The second-order valence-electron chi connectivity index (χ2n) is 4.24. The summed E-state index contributed by atoms with van der Waals surface area (Å²) in [6.07, 6.45) is 0.191. The molecule has 1 aliphatic heterocycles. The molecule has 1 rings (SSSR count). The summed E-state index contributed by atoms with van der Waals surface area (Å²) in [6.45, 7) is 5.64. The van der Waals surface area contributed by atoms with Gasteiger partial charge in [0.1, 0.15) is 6.10 Å². The van der Waals surface area contributed by atoms with Crippen LogP contribution in [0.3, 0.4) is 0 Å². The number of aliphatic hydroxyl groups excluding tert-OH is 1. The van der Waals surface area contributed by atoms with Crippen LogP contribution in [0.2, 0.25) is 0 Å². The van der Waals surface area contributed by atoms with Crippen LogP contribution in [0.25, 0.3) is 0 Å². The molecule has 1 N–H and O–H groups in total. The van der Waals surface area contributed by atoms with Gasteiger partial charge in [-0.05, 0) is 27.2 Å². The predicted molar refractivity (Wildman–Crippen MR) is 56.8 cm³/mol. The molecule has 1 fully saturated rings. The molecule has 0 spiro atoms.